The molecule has 2 aromatic carbocycles. The zero-order valence-electron chi connectivity index (χ0n) is 16.2. The summed E-state index contributed by atoms with van der Waals surface area (Å²) in [4.78, 5) is 25.7. The van der Waals surface area contributed by atoms with Crippen molar-refractivity contribution < 1.29 is 13.2 Å². The number of carbonyl (C=O) groups is 1. The summed E-state index contributed by atoms with van der Waals surface area (Å²) in [6.07, 6.45) is 0.420. The molecule has 1 aliphatic rings. The van der Waals surface area contributed by atoms with Crippen molar-refractivity contribution >= 4 is 39.1 Å². The third-order valence-electron chi connectivity index (χ3n) is 4.75. The fourth-order valence-electron chi connectivity index (χ4n) is 3.19. The van der Waals surface area contributed by atoms with Crippen LogP contribution in [0, 0.1) is 0 Å². The van der Waals surface area contributed by atoms with E-state index in [-0.39, 0.29) is 29.0 Å². The third-order valence-corrected chi connectivity index (χ3v) is 7.71. The second-order valence-electron chi connectivity index (χ2n) is 7.10. The highest BCUT2D eigenvalue weighted by atomic mass is 35.5. The summed E-state index contributed by atoms with van der Waals surface area (Å²) in [5.74, 6) is -0.287. The Kier molecular flexibility index (Phi) is 6.17. The molecule has 1 amide bonds. The maximum absolute atomic E-state index is 12.4. The largest absolute Gasteiger partial charge is 0.348 e. The highest BCUT2D eigenvalue weighted by molar-refractivity contribution is 7.99. The molecule has 1 N–H and O–H groups in total. The lowest BCUT2D eigenvalue weighted by atomic mass is 10.1. The molecule has 10 heteroatoms. The Morgan fingerprint density at radius 1 is 1.06 bits per heavy atom. The normalized spacial score (nSPS) is 17.4. The Bertz CT molecular complexity index is 1270. The first kappa shape index (κ1) is 21.6. The van der Waals surface area contributed by atoms with Gasteiger partial charge in [-0.2, -0.15) is 9.78 Å². The second kappa shape index (κ2) is 8.86. The van der Waals surface area contributed by atoms with Gasteiger partial charge < -0.3 is 5.32 Å². The topological polar surface area (TPSA) is 98.1 Å². The minimum atomic E-state index is -3.07. The molecule has 31 heavy (non-hydrogen) atoms. The van der Waals surface area contributed by atoms with E-state index in [9.17, 15) is 18.0 Å². The van der Waals surface area contributed by atoms with Crippen LogP contribution < -0.4 is 10.9 Å². The van der Waals surface area contributed by atoms with Crippen molar-refractivity contribution in [1.82, 2.24) is 15.1 Å². The fourth-order valence-corrected chi connectivity index (χ4v) is 5.76. The number of nitrogens with zero attached hydrogens (tertiary/aromatic N) is 2. The minimum absolute atomic E-state index is 0.0335. The van der Waals surface area contributed by atoms with Crippen LogP contribution in [0.1, 0.15) is 16.8 Å². The van der Waals surface area contributed by atoms with Crippen molar-refractivity contribution in [1.29, 1.82) is 0 Å². The molecule has 3 aromatic rings. The van der Waals surface area contributed by atoms with E-state index in [0.29, 0.717) is 27.7 Å². The molecule has 1 fully saturated rings. The molecule has 0 bridgehead atoms. The van der Waals surface area contributed by atoms with Gasteiger partial charge in [0.15, 0.2) is 9.84 Å². The highest BCUT2D eigenvalue weighted by Crippen LogP contribution is 2.26. The molecular formula is C21H18ClN3O4S2. The minimum Gasteiger partial charge on any atom is -0.348 e. The first-order chi connectivity index (χ1) is 14.8. The number of rotatable bonds is 5. The monoisotopic (exact) mass is 475 g/mol. The van der Waals surface area contributed by atoms with Gasteiger partial charge in [0.25, 0.3) is 11.5 Å². The van der Waals surface area contributed by atoms with Crippen molar-refractivity contribution in [2.45, 2.75) is 22.4 Å². The smallest absolute Gasteiger partial charge is 0.271 e. The Hall–Kier alpha value is -2.62. The van der Waals surface area contributed by atoms with E-state index in [1.54, 1.807) is 42.5 Å². The molecule has 1 aromatic heterocycles. The van der Waals surface area contributed by atoms with E-state index in [1.807, 2.05) is 12.1 Å². The maximum atomic E-state index is 12.4. The molecule has 7 nitrogen and oxygen atoms in total. The predicted octanol–water partition coefficient (Wildman–Crippen LogP) is 2.95. The quantitative estimate of drug-likeness (QED) is 0.609. The summed E-state index contributed by atoms with van der Waals surface area (Å²) in [6, 6.07) is 16.4. The van der Waals surface area contributed by atoms with Crippen LogP contribution in [0.15, 0.2) is 75.4 Å². The molecular weight excluding hydrogens is 458 g/mol. The van der Waals surface area contributed by atoms with Gasteiger partial charge in [0.1, 0.15) is 5.03 Å². The van der Waals surface area contributed by atoms with Gasteiger partial charge >= 0.3 is 0 Å². The van der Waals surface area contributed by atoms with Crippen LogP contribution in [0.2, 0.25) is 5.02 Å². The summed E-state index contributed by atoms with van der Waals surface area (Å²) in [6.45, 7) is 0. The van der Waals surface area contributed by atoms with Crippen LogP contribution in [-0.2, 0) is 9.84 Å². The fraction of sp³-hybridized carbons (Fsp3) is 0.190. The first-order valence-corrected chi connectivity index (χ1v) is 12.5. The number of nitrogens with one attached hydrogen (secondary N) is 1. The van der Waals surface area contributed by atoms with Gasteiger partial charge in [-0.3, -0.25) is 9.59 Å². The van der Waals surface area contributed by atoms with Gasteiger partial charge in [0.05, 0.1) is 17.2 Å². The van der Waals surface area contributed by atoms with E-state index in [0.717, 1.165) is 4.90 Å². The second-order valence-corrected chi connectivity index (χ2v) is 10.9. The van der Waals surface area contributed by atoms with E-state index in [4.69, 9.17) is 11.6 Å². The molecule has 1 unspecified atom stereocenters. The average molecular weight is 476 g/mol. The number of hydrogen-bond acceptors (Lipinski definition) is 6. The summed E-state index contributed by atoms with van der Waals surface area (Å²) < 4.78 is 24.4. The van der Waals surface area contributed by atoms with Crippen molar-refractivity contribution in [2.75, 3.05) is 11.5 Å². The summed E-state index contributed by atoms with van der Waals surface area (Å²) >= 11 is 7.31. The average Bonchev–Trinajstić information content (AvgIpc) is 3.09. The Labute approximate surface area is 188 Å². The van der Waals surface area contributed by atoms with E-state index in [2.05, 4.69) is 10.4 Å². The van der Waals surface area contributed by atoms with E-state index < -0.39 is 9.84 Å². The molecule has 1 saturated heterocycles. The third kappa shape index (κ3) is 5.36. The Morgan fingerprint density at radius 3 is 2.42 bits per heavy atom. The molecule has 0 spiro atoms. The van der Waals surface area contributed by atoms with Crippen LogP contribution in [0.3, 0.4) is 0 Å². The van der Waals surface area contributed by atoms with Crippen LogP contribution in [0.25, 0.3) is 5.69 Å². The number of benzene rings is 2. The van der Waals surface area contributed by atoms with Gasteiger partial charge in [0, 0.05) is 27.6 Å². The number of hydrogen-bond donors (Lipinski definition) is 1. The SMILES string of the molecule is O=C(NC1CCS(=O)(=O)C1)c1ccc(-n2nc(Sc3ccc(Cl)cc3)ccc2=O)cc1. The maximum Gasteiger partial charge on any atom is 0.271 e. The van der Waals surface area contributed by atoms with E-state index >= 15 is 0 Å². The molecule has 0 saturated carbocycles. The molecule has 0 radical (unpaired) electrons. The lowest BCUT2D eigenvalue weighted by Gasteiger charge is -2.11. The van der Waals surface area contributed by atoms with E-state index in [1.165, 1.54) is 22.5 Å². The molecule has 160 valence electrons. The highest BCUT2D eigenvalue weighted by Gasteiger charge is 2.29. The summed E-state index contributed by atoms with van der Waals surface area (Å²) in [5, 5.41) is 8.42. The number of amides is 1. The first-order valence-electron chi connectivity index (χ1n) is 9.45. The molecule has 2 heterocycles. The van der Waals surface area contributed by atoms with Crippen LogP contribution in [-0.4, -0.2) is 41.7 Å². The molecule has 4 rings (SSSR count). The van der Waals surface area contributed by atoms with Crippen LogP contribution in [0.4, 0.5) is 0 Å². The summed E-state index contributed by atoms with van der Waals surface area (Å²) in [5.41, 5.74) is 0.602. The van der Waals surface area contributed by atoms with Crippen molar-refractivity contribution in [3.63, 3.8) is 0 Å². The van der Waals surface area contributed by atoms with Gasteiger partial charge in [-0.1, -0.05) is 23.4 Å². The zero-order chi connectivity index (χ0) is 22.0. The number of aromatic nitrogens is 2. The number of halogens is 1. The number of sulfone groups is 1. The van der Waals surface area contributed by atoms with Crippen molar-refractivity contribution in [2.24, 2.45) is 0 Å². The van der Waals surface area contributed by atoms with Crippen molar-refractivity contribution in [3.8, 4) is 5.69 Å². The van der Waals surface area contributed by atoms with Crippen LogP contribution in [0.5, 0.6) is 0 Å². The number of carbonyl (C=O) groups excluding carboxylic acids is 1. The lowest BCUT2D eigenvalue weighted by molar-refractivity contribution is 0.0941. The van der Waals surface area contributed by atoms with Gasteiger partial charge in [-0.05, 0) is 61.0 Å². The molecule has 0 aliphatic carbocycles. The zero-order valence-corrected chi connectivity index (χ0v) is 18.6. The summed E-state index contributed by atoms with van der Waals surface area (Å²) in [7, 11) is -3.07. The molecule has 1 aliphatic heterocycles. The lowest BCUT2D eigenvalue weighted by Crippen LogP contribution is -2.35. The van der Waals surface area contributed by atoms with Crippen molar-refractivity contribution in [3.05, 3.63) is 81.6 Å². The van der Waals surface area contributed by atoms with Gasteiger partial charge in [0.2, 0.25) is 0 Å². The Morgan fingerprint density at radius 2 is 1.77 bits per heavy atom. The standard InChI is InChI=1S/C21H18ClN3O4S2/c22-15-3-7-18(8-4-15)30-19-9-10-20(26)25(24-19)17-5-1-14(2-6-17)21(27)23-16-11-12-31(28,29)13-16/h1-10,16H,11-13H2,(H,23,27). The van der Waals surface area contributed by atoms with Gasteiger partial charge in [-0.25, -0.2) is 8.42 Å². The van der Waals surface area contributed by atoms with Crippen LogP contribution >= 0.6 is 23.4 Å². The van der Waals surface area contributed by atoms with Gasteiger partial charge in [-0.15, -0.1) is 0 Å². The Balaban J connectivity index is 1.50. The molecule has 1 atom stereocenters. The predicted molar refractivity (Wildman–Crippen MR) is 120 cm³/mol.